The van der Waals surface area contributed by atoms with Crippen LogP contribution in [0, 0.1) is 0 Å². The lowest BCUT2D eigenvalue weighted by Gasteiger charge is -2.19. The summed E-state index contributed by atoms with van der Waals surface area (Å²) in [5.74, 6) is -1.50. The molecule has 0 aliphatic heterocycles. The van der Waals surface area contributed by atoms with Crippen molar-refractivity contribution in [2.24, 2.45) is 0 Å². The fourth-order valence-corrected chi connectivity index (χ4v) is 4.34. The number of sulfonamides is 1. The highest BCUT2D eigenvalue weighted by Crippen LogP contribution is 2.16. The van der Waals surface area contributed by atoms with E-state index in [-0.39, 0.29) is 17.7 Å². The predicted octanol–water partition coefficient (Wildman–Crippen LogP) is 3.50. The van der Waals surface area contributed by atoms with Gasteiger partial charge in [-0.1, -0.05) is 54.1 Å². The molecule has 0 radical (unpaired) electrons. The van der Waals surface area contributed by atoms with Gasteiger partial charge in [0.05, 0.1) is 11.3 Å². The lowest BCUT2D eigenvalue weighted by atomic mass is 10.1. The van der Waals surface area contributed by atoms with Gasteiger partial charge >= 0.3 is 5.97 Å². The highest BCUT2D eigenvalue weighted by Gasteiger charge is 2.26. The zero-order chi connectivity index (χ0) is 23.1. The second-order valence-electron chi connectivity index (χ2n) is 7.07. The summed E-state index contributed by atoms with van der Waals surface area (Å²) in [4.78, 5) is 23.8. The van der Waals surface area contributed by atoms with Crippen molar-refractivity contribution in [2.45, 2.75) is 23.8 Å². The predicted molar refractivity (Wildman–Crippen MR) is 122 cm³/mol. The number of hydrogen-bond donors (Lipinski definition) is 3. The molecule has 9 heteroatoms. The van der Waals surface area contributed by atoms with Crippen LogP contribution >= 0.6 is 11.6 Å². The Bertz CT molecular complexity index is 1180. The molecule has 0 bridgehead atoms. The van der Waals surface area contributed by atoms with E-state index in [2.05, 4.69) is 10.0 Å². The van der Waals surface area contributed by atoms with E-state index in [0.717, 1.165) is 5.56 Å². The Kier molecular flexibility index (Phi) is 7.63. The lowest BCUT2D eigenvalue weighted by Crippen LogP contribution is -2.45. The summed E-state index contributed by atoms with van der Waals surface area (Å²) in [5.41, 5.74) is 1.79. The molecule has 32 heavy (non-hydrogen) atoms. The highest BCUT2D eigenvalue weighted by atomic mass is 35.5. The zero-order valence-electron chi connectivity index (χ0n) is 16.9. The van der Waals surface area contributed by atoms with Gasteiger partial charge in [0, 0.05) is 10.7 Å². The maximum atomic E-state index is 13.0. The number of carboxylic acid groups (broad SMARTS) is 1. The number of aliphatic carboxylic acids is 1. The summed E-state index contributed by atoms with van der Waals surface area (Å²) in [5, 5.41) is 12.0. The van der Waals surface area contributed by atoms with Crippen LogP contribution in [0.1, 0.15) is 11.1 Å². The minimum atomic E-state index is -3.99. The number of anilines is 1. The minimum Gasteiger partial charge on any atom is -0.481 e. The van der Waals surface area contributed by atoms with Crippen molar-refractivity contribution < 1.29 is 23.1 Å². The average molecular weight is 473 g/mol. The van der Waals surface area contributed by atoms with Crippen molar-refractivity contribution in [2.75, 3.05) is 5.32 Å². The Hall–Kier alpha value is -3.20. The normalized spacial score (nSPS) is 12.2. The second-order valence-corrected chi connectivity index (χ2v) is 9.22. The number of carboxylic acids is 1. The number of hydrogen-bond acceptors (Lipinski definition) is 4. The number of carbonyl (C=O) groups excluding carboxylic acids is 1. The van der Waals surface area contributed by atoms with Crippen LogP contribution in [-0.4, -0.2) is 31.4 Å². The van der Waals surface area contributed by atoms with Crippen molar-refractivity contribution in [3.05, 3.63) is 95.0 Å². The molecular formula is C23H21ClN2O5S. The smallest absolute Gasteiger partial charge is 0.307 e. The van der Waals surface area contributed by atoms with Crippen LogP contribution in [0.25, 0.3) is 0 Å². The molecule has 1 amide bonds. The maximum Gasteiger partial charge on any atom is 0.307 e. The van der Waals surface area contributed by atoms with Crippen LogP contribution in [0.4, 0.5) is 5.69 Å². The highest BCUT2D eigenvalue weighted by molar-refractivity contribution is 7.89. The van der Waals surface area contributed by atoms with Crippen molar-refractivity contribution >= 4 is 39.2 Å². The van der Waals surface area contributed by atoms with Crippen LogP contribution in [0.15, 0.2) is 83.8 Å². The van der Waals surface area contributed by atoms with Crippen LogP contribution in [0.3, 0.4) is 0 Å². The van der Waals surface area contributed by atoms with Gasteiger partial charge in [0.25, 0.3) is 0 Å². The topological polar surface area (TPSA) is 113 Å². The summed E-state index contributed by atoms with van der Waals surface area (Å²) in [7, 11) is -3.99. The Morgan fingerprint density at radius 2 is 1.50 bits per heavy atom. The van der Waals surface area contributed by atoms with E-state index in [4.69, 9.17) is 16.7 Å². The Balaban J connectivity index is 1.81. The molecule has 0 aliphatic carbocycles. The average Bonchev–Trinajstić information content (AvgIpc) is 2.75. The van der Waals surface area contributed by atoms with Gasteiger partial charge in [0.15, 0.2) is 0 Å². The summed E-state index contributed by atoms with van der Waals surface area (Å²) >= 11 is 5.84. The second kappa shape index (κ2) is 10.4. The molecule has 166 valence electrons. The van der Waals surface area contributed by atoms with Gasteiger partial charge < -0.3 is 10.4 Å². The number of rotatable bonds is 9. The molecule has 0 aromatic heterocycles. The zero-order valence-corrected chi connectivity index (χ0v) is 18.4. The standard InChI is InChI=1S/C23H21ClN2O5S/c24-18-8-12-20(13-9-18)32(30,31)26-21(14-16-4-2-1-3-5-16)23(29)25-19-10-6-17(7-11-19)15-22(27)28/h1-13,21,26H,14-15H2,(H,25,29)(H,27,28). The molecule has 0 saturated carbocycles. The number of nitrogens with one attached hydrogen (secondary N) is 2. The van der Waals surface area contributed by atoms with Crippen LogP contribution in [0.5, 0.6) is 0 Å². The summed E-state index contributed by atoms with van der Waals surface area (Å²) in [6, 6.07) is 19.9. The van der Waals surface area contributed by atoms with Crippen molar-refractivity contribution in [3.8, 4) is 0 Å². The van der Waals surface area contributed by atoms with Gasteiger partial charge in [0.2, 0.25) is 15.9 Å². The first-order chi connectivity index (χ1) is 15.2. The molecule has 3 aromatic carbocycles. The fraction of sp³-hybridized carbons (Fsp3) is 0.130. The van der Waals surface area contributed by atoms with E-state index in [0.29, 0.717) is 16.3 Å². The first-order valence-corrected chi connectivity index (χ1v) is 11.5. The number of amides is 1. The third-order valence-corrected chi connectivity index (χ3v) is 6.34. The molecule has 3 aromatic rings. The van der Waals surface area contributed by atoms with Crippen LogP contribution in [0.2, 0.25) is 5.02 Å². The molecule has 3 N–H and O–H groups in total. The first-order valence-electron chi connectivity index (χ1n) is 9.66. The molecular weight excluding hydrogens is 452 g/mol. The minimum absolute atomic E-state index is 0.00853. The molecule has 0 aliphatic rings. The molecule has 3 rings (SSSR count). The molecule has 7 nitrogen and oxygen atoms in total. The number of benzene rings is 3. The first kappa shape index (κ1) is 23.5. The monoisotopic (exact) mass is 472 g/mol. The van der Waals surface area contributed by atoms with E-state index in [1.165, 1.54) is 24.3 Å². The molecule has 1 unspecified atom stereocenters. The van der Waals surface area contributed by atoms with Gasteiger partial charge in [-0.15, -0.1) is 0 Å². The molecule has 0 saturated heterocycles. The van der Waals surface area contributed by atoms with Crippen molar-refractivity contribution in [3.63, 3.8) is 0 Å². The van der Waals surface area contributed by atoms with E-state index in [1.807, 2.05) is 6.07 Å². The molecule has 1 atom stereocenters. The summed E-state index contributed by atoms with van der Waals surface area (Å²) in [6.45, 7) is 0. The third kappa shape index (κ3) is 6.65. The summed E-state index contributed by atoms with van der Waals surface area (Å²) < 4.78 is 28.2. The molecule has 0 spiro atoms. The quantitative estimate of drug-likeness (QED) is 0.441. The van der Waals surface area contributed by atoms with Gasteiger partial charge in [-0.25, -0.2) is 8.42 Å². The van der Waals surface area contributed by atoms with Gasteiger partial charge in [0.1, 0.15) is 6.04 Å². The van der Waals surface area contributed by atoms with Gasteiger partial charge in [-0.2, -0.15) is 4.72 Å². The molecule has 0 fully saturated rings. The Morgan fingerprint density at radius 1 is 0.875 bits per heavy atom. The van der Waals surface area contributed by atoms with Crippen molar-refractivity contribution in [1.82, 2.24) is 4.72 Å². The van der Waals surface area contributed by atoms with Gasteiger partial charge in [-0.05, 0) is 53.9 Å². The van der Waals surface area contributed by atoms with E-state index in [1.54, 1.807) is 48.5 Å². The maximum absolute atomic E-state index is 13.0. The van der Waals surface area contributed by atoms with Crippen LogP contribution < -0.4 is 10.0 Å². The number of carbonyl (C=O) groups is 2. The number of halogens is 1. The van der Waals surface area contributed by atoms with E-state index >= 15 is 0 Å². The SMILES string of the molecule is O=C(O)Cc1ccc(NC(=O)C(Cc2ccccc2)NS(=O)(=O)c2ccc(Cl)cc2)cc1. The van der Waals surface area contributed by atoms with E-state index in [9.17, 15) is 18.0 Å². The van der Waals surface area contributed by atoms with Gasteiger partial charge in [-0.3, -0.25) is 9.59 Å². The van der Waals surface area contributed by atoms with Crippen LogP contribution in [-0.2, 0) is 32.5 Å². The van der Waals surface area contributed by atoms with Crippen molar-refractivity contribution in [1.29, 1.82) is 0 Å². The third-order valence-electron chi connectivity index (χ3n) is 4.60. The summed E-state index contributed by atoms with van der Waals surface area (Å²) in [6.07, 6.45) is 0.00232. The Labute approximate surface area is 191 Å². The molecule has 0 heterocycles. The fourth-order valence-electron chi connectivity index (χ4n) is 3.02. The van der Waals surface area contributed by atoms with E-state index < -0.39 is 27.9 Å². The largest absolute Gasteiger partial charge is 0.481 e. The lowest BCUT2D eigenvalue weighted by molar-refractivity contribution is -0.136. The Morgan fingerprint density at radius 3 is 2.09 bits per heavy atom.